The summed E-state index contributed by atoms with van der Waals surface area (Å²) in [5.74, 6) is -0.287. The molecule has 6 nitrogen and oxygen atoms in total. The molecule has 1 aromatic carbocycles. The van der Waals surface area contributed by atoms with Crippen molar-refractivity contribution in [3.63, 3.8) is 0 Å². The fourth-order valence-corrected chi connectivity index (χ4v) is 2.66. The molecule has 1 unspecified atom stereocenters. The van der Waals surface area contributed by atoms with Crippen LogP contribution < -0.4 is 10.6 Å². The van der Waals surface area contributed by atoms with Crippen LogP contribution in [0.2, 0.25) is 0 Å². The Bertz CT molecular complexity index is 815. The van der Waals surface area contributed by atoms with Gasteiger partial charge in [-0.05, 0) is 18.1 Å². The summed E-state index contributed by atoms with van der Waals surface area (Å²) in [6, 6.07) is 4.13. The smallest absolute Gasteiger partial charge is 0.394 e. The highest BCUT2D eigenvalue weighted by Gasteiger charge is 2.31. The lowest BCUT2D eigenvalue weighted by Crippen LogP contribution is -2.41. The highest BCUT2D eigenvalue weighted by molar-refractivity contribution is 5.95. The van der Waals surface area contributed by atoms with Crippen LogP contribution in [-0.4, -0.2) is 34.9 Å². The van der Waals surface area contributed by atoms with E-state index >= 15 is 0 Å². The van der Waals surface area contributed by atoms with Crippen molar-refractivity contribution in [2.24, 2.45) is 5.92 Å². The normalized spacial score (nSPS) is 13.2. The van der Waals surface area contributed by atoms with Gasteiger partial charge >= 0.3 is 6.18 Å². The molecule has 9 heteroatoms. The highest BCUT2D eigenvalue weighted by Crippen LogP contribution is 2.32. The van der Waals surface area contributed by atoms with E-state index in [-0.39, 0.29) is 36.6 Å². The summed E-state index contributed by atoms with van der Waals surface area (Å²) in [6.45, 7) is 7.58. The van der Waals surface area contributed by atoms with Crippen LogP contribution >= 0.6 is 0 Å². The van der Waals surface area contributed by atoms with E-state index in [1.807, 2.05) is 27.7 Å². The van der Waals surface area contributed by atoms with E-state index in [0.29, 0.717) is 11.1 Å². The third kappa shape index (κ3) is 5.80. The predicted molar refractivity (Wildman–Crippen MR) is 102 cm³/mol. The van der Waals surface area contributed by atoms with Gasteiger partial charge in [0.15, 0.2) is 11.5 Å². The van der Waals surface area contributed by atoms with E-state index in [1.54, 1.807) is 0 Å². The molecule has 0 spiro atoms. The zero-order chi connectivity index (χ0) is 21.8. The first-order valence-corrected chi connectivity index (χ1v) is 9.35. The maximum absolute atomic E-state index is 12.8. The lowest BCUT2D eigenvalue weighted by atomic mass is 10.0. The van der Waals surface area contributed by atoms with Crippen molar-refractivity contribution >= 4 is 5.91 Å². The number of benzene rings is 1. The lowest BCUT2D eigenvalue weighted by Gasteiger charge is -2.19. The zero-order valence-electron chi connectivity index (χ0n) is 16.8. The molecule has 1 atom stereocenters. The second-order valence-corrected chi connectivity index (χ2v) is 7.46. The summed E-state index contributed by atoms with van der Waals surface area (Å²) in [7, 11) is 0. The Morgan fingerprint density at radius 3 is 2.28 bits per heavy atom. The molecule has 1 heterocycles. The molecule has 0 aliphatic carbocycles. The third-order valence-corrected chi connectivity index (χ3v) is 4.48. The van der Waals surface area contributed by atoms with Gasteiger partial charge < -0.3 is 20.3 Å². The van der Waals surface area contributed by atoms with Crippen molar-refractivity contribution < 1.29 is 27.6 Å². The molecule has 29 heavy (non-hydrogen) atoms. The van der Waals surface area contributed by atoms with Gasteiger partial charge in [0, 0.05) is 23.7 Å². The number of alkyl halides is 3. The Labute approximate surface area is 167 Å². The van der Waals surface area contributed by atoms with Gasteiger partial charge in [0.2, 0.25) is 0 Å². The van der Waals surface area contributed by atoms with Crippen molar-refractivity contribution in [2.45, 2.75) is 52.5 Å². The van der Waals surface area contributed by atoms with Crippen LogP contribution in [0.25, 0.3) is 11.3 Å². The molecule has 0 saturated heterocycles. The number of hydrogen-bond acceptors (Lipinski definition) is 5. The van der Waals surface area contributed by atoms with Crippen molar-refractivity contribution in [2.75, 3.05) is 6.61 Å². The summed E-state index contributed by atoms with van der Waals surface area (Å²) in [5.41, 5.74) is 0.0829. The number of amides is 1. The Hall–Kier alpha value is -2.39. The molecule has 0 fully saturated rings. The summed E-state index contributed by atoms with van der Waals surface area (Å²) >= 11 is 0. The van der Waals surface area contributed by atoms with Crippen LogP contribution in [0.1, 0.15) is 49.3 Å². The van der Waals surface area contributed by atoms with E-state index in [1.165, 1.54) is 12.1 Å². The van der Waals surface area contributed by atoms with E-state index in [4.69, 9.17) is 4.52 Å². The molecule has 3 N–H and O–H groups in total. The maximum atomic E-state index is 12.8. The number of rotatable bonds is 8. The van der Waals surface area contributed by atoms with Crippen LogP contribution in [0.5, 0.6) is 0 Å². The average molecular weight is 413 g/mol. The molecule has 0 aliphatic heterocycles. The molecule has 160 valence electrons. The Morgan fingerprint density at radius 2 is 1.79 bits per heavy atom. The van der Waals surface area contributed by atoms with Crippen molar-refractivity contribution in [3.05, 3.63) is 41.1 Å². The third-order valence-electron chi connectivity index (χ3n) is 4.48. The monoisotopic (exact) mass is 413 g/mol. The van der Waals surface area contributed by atoms with Gasteiger partial charge in [-0.15, -0.1) is 0 Å². The number of halogens is 3. The van der Waals surface area contributed by atoms with Gasteiger partial charge in [0.25, 0.3) is 5.91 Å². The molecule has 1 aromatic heterocycles. The molecular weight excluding hydrogens is 387 g/mol. The predicted octanol–water partition coefficient (Wildman–Crippen LogP) is 3.61. The first-order valence-electron chi connectivity index (χ1n) is 9.35. The van der Waals surface area contributed by atoms with E-state index < -0.39 is 23.7 Å². The minimum atomic E-state index is -4.44. The molecule has 0 saturated carbocycles. The number of carbonyl (C=O) groups excluding carboxylic acids is 1. The van der Waals surface area contributed by atoms with Gasteiger partial charge in [0.05, 0.1) is 18.2 Å². The summed E-state index contributed by atoms with van der Waals surface area (Å²) < 4.78 is 43.8. The highest BCUT2D eigenvalue weighted by atomic mass is 19.4. The van der Waals surface area contributed by atoms with Crippen molar-refractivity contribution in [1.29, 1.82) is 0 Å². The van der Waals surface area contributed by atoms with Gasteiger partial charge in [-0.3, -0.25) is 4.79 Å². The van der Waals surface area contributed by atoms with Gasteiger partial charge in [-0.25, -0.2) is 0 Å². The van der Waals surface area contributed by atoms with Crippen LogP contribution in [0.15, 0.2) is 28.8 Å². The average Bonchev–Trinajstić information content (AvgIpc) is 3.07. The topological polar surface area (TPSA) is 87.4 Å². The molecule has 0 aliphatic rings. The fraction of sp³-hybridized carbons (Fsp3) is 0.500. The molecule has 0 radical (unpaired) electrons. The Balaban J connectivity index is 2.39. The summed E-state index contributed by atoms with van der Waals surface area (Å²) in [6.07, 6.45) is -4.44. The van der Waals surface area contributed by atoms with Crippen LogP contribution in [-0.2, 0) is 12.7 Å². The second kappa shape index (κ2) is 9.41. The lowest BCUT2D eigenvalue weighted by molar-refractivity contribution is -0.137. The fourth-order valence-electron chi connectivity index (χ4n) is 2.66. The number of nitrogens with one attached hydrogen (secondary N) is 2. The van der Waals surface area contributed by atoms with Gasteiger partial charge in [0.1, 0.15) is 0 Å². The number of aromatic nitrogens is 1. The Kier molecular flexibility index (Phi) is 7.43. The largest absolute Gasteiger partial charge is 0.416 e. The van der Waals surface area contributed by atoms with Crippen LogP contribution in [0, 0.1) is 5.92 Å². The number of aliphatic hydroxyl groups is 1. The van der Waals surface area contributed by atoms with E-state index in [2.05, 4.69) is 15.8 Å². The quantitative estimate of drug-likeness (QED) is 0.616. The molecule has 2 rings (SSSR count). The maximum Gasteiger partial charge on any atom is 0.416 e. The van der Waals surface area contributed by atoms with Gasteiger partial charge in [-0.2, -0.15) is 13.2 Å². The summed E-state index contributed by atoms with van der Waals surface area (Å²) in [5, 5.41) is 19.2. The minimum Gasteiger partial charge on any atom is -0.394 e. The first-order chi connectivity index (χ1) is 13.5. The van der Waals surface area contributed by atoms with E-state index in [0.717, 1.165) is 12.1 Å². The minimum absolute atomic E-state index is 0.00229. The second-order valence-electron chi connectivity index (χ2n) is 7.46. The number of carbonyl (C=O) groups is 1. The number of hydrogen-bond donors (Lipinski definition) is 3. The van der Waals surface area contributed by atoms with Crippen LogP contribution in [0.3, 0.4) is 0 Å². The zero-order valence-corrected chi connectivity index (χ0v) is 16.8. The van der Waals surface area contributed by atoms with E-state index in [9.17, 15) is 23.1 Å². The standard InChI is InChI=1S/C20H26F3N3O3/c1-11(2)16(10-27)25-19(28)17-15(9-24-12(3)4)18(29-26-17)13-5-7-14(8-6-13)20(21,22)23/h5-8,11-12,16,24,27H,9-10H2,1-4H3,(H,25,28). The summed E-state index contributed by atoms with van der Waals surface area (Å²) in [4.78, 5) is 12.7. The molecule has 1 amide bonds. The Morgan fingerprint density at radius 1 is 1.17 bits per heavy atom. The molecular formula is C20H26F3N3O3. The number of aliphatic hydroxyl groups excluding tert-OH is 1. The number of nitrogens with zero attached hydrogens (tertiary/aromatic N) is 1. The van der Waals surface area contributed by atoms with Crippen molar-refractivity contribution in [3.8, 4) is 11.3 Å². The van der Waals surface area contributed by atoms with Crippen LogP contribution in [0.4, 0.5) is 13.2 Å². The van der Waals surface area contributed by atoms with Crippen molar-refractivity contribution in [1.82, 2.24) is 15.8 Å². The SMILES string of the molecule is CC(C)NCc1c(C(=O)NC(CO)C(C)C)noc1-c1ccc(C(F)(F)F)cc1. The molecule has 0 bridgehead atoms. The van der Waals surface area contributed by atoms with Gasteiger partial charge in [-0.1, -0.05) is 45.0 Å². The first kappa shape index (κ1) is 22.9. The molecule has 2 aromatic rings.